The molecule has 130 valence electrons. The molecule has 0 radical (unpaired) electrons. The molecule has 1 fully saturated rings. The average Bonchev–Trinajstić information content (AvgIpc) is 3.11. The van der Waals surface area contributed by atoms with Crippen molar-refractivity contribution in [3.05, 3.63) is 58.0 Å². The van der Waals surface area contributed by atoms with Gasteiger partial charge in [0.05, 0.1) is 5.75 Å². The van der Waals surface area contributed by atoms with Crippen LogP contribution in [0.5, 0.6) is 0 Å². The highest BCUT2D eigenvalue weighted by molar-refractivity contribution is 7.88. The molecular formula is C18H22FNO2S2. The molecule has 3 nitrogen and oxygen atoms in total. The van der Waals surface area contributed by atoms with E-state index in [1.54, 1.807) is 11.3 Å². The summed E-state index contributed by atoms with van der Waals surface area (Å²) in [5, 5.41) is 2.05. The van der Waals surface area contributed by atoms with Crippen molar-refractivity contribution < 1.29 is 12.8 Å². The number of hydrogen-bond acceptors (Lipinski definition) is 3. The molecule has 1 N–H and O–H groups in total. The predicted octanol–water partition coefficient (Wildman–Crippen LogP) is 4.21. The van der Waals surface area contributed by atoms with Crippen LogP contribution in [0.3, 0.4) is 0 Å². The molecule has 1 aromatic carbocycles. The SMILES string of the molecule is O=S(=O)(Cc1ccc(F)cc1)NCC1(c2cccs2)CCCCC1. The lowest BCUT2D eigenvalue weighted by molar-refractivity contribution is 0.298. The number of sulfonamides is 1. The Bertz CT molecular complexity index is 749. The Hall–Kier alpha value is -1.24. The van der Waals surface area contributed by atoms with Crippen LogP contribution in [0.1, 0.15) is 42.5 Å². The van der Waals surface area contributed by atoms with Crippen molar-refractivity contribution >= 4 is 21.4 Å². The van der Waals surface area contributed by atoms with Crippen LogP contribution in [-0.2, 0) is 21.2 Å². The fraction of sp³-hybridized carbons (Fsp3) is 0.444. The van der Waals surface area contributed by atoms with Crippen molar-refractivity contribution in [3.8, 4) is 0 Å². The van der Waals surface area contributed by atoms with Crippen molar-refractivity contribution in [2.24, 2.45) is 0 Å². The normalized spacial score (nSPS) is 17.7. The summed E-state index contributed by atoms with van der Waals surface area (Å²) in [4.78, 5) is 1.27. The minimum atomic E-state index is -3.44. The van der Waals surface area contributed by atoms with Crippen molar-refractivity contribution in [2.45, 2.75) is 43.3 Å². The molecule has 1 aliphatic rings. The molecule has 0 saturated heterocycles. The Balaban J connectivity index is 1.70. The molecule has 0 spiro atoms. The maximum absolute atomic E-state index is 13.0. The first kappa shape index (κ1) is 17.6. The summed E-state index contributed by atoms with van der Waals surface area (Å²) in [6.45, 7) is 0.442. The van der Waals surface area contributed by atoms with Gasteiger partial charge in [0.15, 0.2) is 0 Å². The second-order valence-electron chi connectivity index (χ2n) is 6.52. The lowest BCUT2D eigenvalue weighted by Crippen LogP contribution is -2.42. The first-order valence-electron chi connectivity index (χ1n) is 8.25. The van der Waals surface area contributed by atoms with Crippen LogP contribution in [0, 0.1) is 5.82 Å². The fourth-order valence-corrected chi connectivity index (χ4v) is 5.64. The van der Waals surface area contributed by atoms with Crippen molar-refractivity contribution in [1.82, 2.24) is 4.72 Å². The van der Waals surface area contributed by atoms with Gasteiger partial charge < -0.3 is 0 Å². The standard InChI is InChI=1S/C18H22FNO2S2/c19-16-8-6-15(7-9-16)13-24(21,22)20-14-18(10-2-1-3-11-18)17-5-4-12-23-17/h4-9,12,20H,1-3,10-11,13-14H2. The Morgan fingerprint density at radius 1 is 1.08 bits per heavy atom. The molecule has 6 heteroatoms. The molecule has 1 aliphatic carbocycles. The largest absolute Gasteiger partial charge is 0.215 e. The highest BCUT2D eigenvalue weighted by Gasteiger charge is 2.35. The lowest BCUT2D eigenvalue weighted by atomic mass is 9.73. The van der Waals surface area contributed by atoms with Crippen molar-refractivity contribution in [1.29, 1.82) is 0 Å². The third kappa shape index (κ3) is 4.23. The molecule has 0 bridgehead atoms. The zero-order valence-corrected chi connectivity index (χ0v) is 15.1. The molecule has 1 heterocycles. The van der Waals surface area contributed by atoms with Crippen LogP contribution in [-0.4, -0.2) is 15.0 Å². The van der Waals surface area contributed by atoms with Gasteiger partial charge in [0.2, 0.25) is 10.0 Å². The van der Waals surface area contributed by atoms with Gasteiger partial charge in [-0.3, -0.25) is 0 Å². The van der Waals surface area contributed by atoms with Crippen LogP contribution in [0.4, 0.5) is 4.39 Å². The van der Waals surface area contributed by atoms with E-state index in [-0.39, 0.29) is 17.0 Å². The Kier molecular flexibility index (Phi) is 5.37. The molecule has 2 aromatic rings. The van der Waals surface area contributed by atoms with Crippen LogP contribution >= 0.6 is 11.3 Å². The molecule has 0 unspecified atom stereocenters. The Labute approximate surface area is 147 Å². The van der Waals surface area contributed by atoms with Gasteiger partial charge in [-0.15, -0.1) is 11.3 Å². The topological polar surface area (TPSA) is 46.2 Å². The maximum Gasteiger partial charge on any atom is 0.215 e. The quantitative estimate of drug-likeness (QED) is 0.831. The van der Waals surface area contributed by atoms with E-state index in [4.69, 9.17) is 0 Å². The minimum Gasteiger partial charge on any atom is -0.214 e. The van der Waals surface area contributed by atoms with Gasteiger partial charge in [-0.05, 0) is 42.0 Å². The third-order valence-corrected chi connectivity index (χ3v) is 7.17. The van der Waals surface area contributed by atoms with Crippen molar-refractivity contribution in [3.63, 3.8) is 0 Å². The van der Waals surface area contributed by atoms with E-state index >= 15 is 0 Å². The van der Waals surface area contributed by atoms with Gasteiger partial charge in [0.1, 0.15) is 5.82 Å². The first-order chi connectivity index (χ1) is 11.5. The van der Waals surface area contributed by atoms with Gasteiger partial charge in [-0.2, -0.15) is 0 Å². The minimum absolute atomic E-state index is 0.0811. The third-order valence-electron chi connectivity index (χ3n) is 4.75. The van der Waals surface area contributed by atoms with E-state index in [9.17, 15) is 12.8 Å². The maximum atomic E-state index is 13.0. The van der Waals surface area contributed by atoms with Crippen LogP contribution in [0.2, 0.25) is 0 Å². The van der Waals surface area contributed by atoms with Crippen LogP contribution in [0.15, 0.2) is 41.8 Å². The summed E-state index contributed by atoms with van der Waals surface area (Å²) < 4.78 is 40.6. The van der Waals surface area contributed by atoms with E-state index in [0.29, 0.717) is 12.1 Å². The summed E-state index contributed by atoms with van der Waals surface area (Å²) >= 11 is 1.71. The Morgan fingerprint density at radius 3 is 2.42 bits per heavy atom. The second kappa shape index (κ2) is 7.33. The highest BCUT2D eigenvalue weighted by atomic mass is 32.2. The molecular weight excluding hydrogens is 345 g/mol. The summed E-state index contributed by atoms with van der Waals surface area (Å²) in [7, 11) is -3.44. The molecule has 24 heavy (non-hydrogen) atoms. The number of hydrogen-bond donors (Lipinski definition) is 1. The van der Waals surface area contributed by atoms with Crippen LogP contribution < -0.4 is 4.72 Å². The van der Waals surface area contributed by atoms with E-state index in [1.165, 1.54) is 35.6 Å². The van der Waals surface area contributed by atoms with Gasteiger partial charge in [0.25, 0.3) is 0 Å². The number of thiophene rings is 1. The fourth-order valence-electron chi connectivity index (χ4n) is 3.42. The van der Waals surface area contributed by atoms with E-state index in [0.717, 1.165) is 25.7 Å². The van der Waals surface area contributed by atoms with E-state index in [1.807, 2.05) is 6.07 Å². The summed E-state index contributed by atoms with van der Waals surface area (Å²) in [6.07, 6.45) is 5.53. The molecule has 0 amide bonds. The van der Waals surface area contributed by atoms with Gasteiger partial charge >= 0.3 is 0 Å². The molecule has 3 rings (SSSR count). The number of rotatable bonds is 6. The number of benzene rings is 1. The van der Waals surface area contributed by atoms with Gasteiger partial charge in [0, 0.05) is 16.8 Å². The number of halogens is 1. The lowest BCUT2D eigenvalue weighted by Gasteiger charge is -2.36. The number of nitrogens with one attached hydrogen (secondary N) is 1. The second-order valence-corrected chi connectivity index (χ2v) is 9.28. The summed E-state index contributed by atoms with van der Waals surface area (Å²) in [5.41, 5.74) is 0.514. The zero-order chi connectivity index (χ0) is 17.0. The monoisotopic (exact) mass is 367 g/mol. The molecule has 1 aromatic heterocycles. The van der Waals surface area contributed by atoms with Crippen LogP contribution in [0.25, 0.3) is 0 Å². The Morgan fingerprint density at radius 2 is 1.79 bits per heavy atom. The smallest absolute Gasteiger partial charge is 0.214 e. The first-order valence-corrected chi connectivity index (χ1v) is 10.8. The molecule has 1 saturated carbocycles. The highest BCUT2D eigenvalue weighted by Crippen LogP contribution is 2.41. The molecule has 0 atom stereocenters. The van der Waals surface area contributed by atoms with Crippen molar-refractivity contribution in [2.75, 3.05) is 6.54 Å². The summed E-state index contributed by atoms with van der Waals surface area (Å²) in [6, 6.07) is 9.76. The average molecular weight is 368 g/mol. The van der Waals surface area contributed by atoms with Gasteiger partial charge in [-0.1, -0.05) is 37.5 Å². The van der Waals surface area contributed by atoms with E-state index < -0.39 is 10.0 Å². The predicted molar refractivity (Wildman–Crippen MR) is 96.1 cm³/mol. The van der Waals surface area contributed by atoms with E-state index in [2.05, 4.69) is 16.2 Å². The summed E-state index contributed by atoms with van der Waals surface area (Å²) in [5.74, 6) is -0.476. The zero-order valence-electron chi connectivity index (χ0n) is 13.5. The van der Waals surface area contributed by atoms with Gasteiger partial charge in [-0.25, -0.2) is 17.5 Å². The molecule has 0 aliphatic heterocycles.